The number of rotatable bonds is 3. The molecule has 2 nitrogen and oxygen atoms in total. The molecule has 2 heteroatoms. The highest BCUT2D eigenvalue weighted by Crippen LogP contribution is 2.35. The Morgan fingerprint density at radius 2 is 1.76 bits per heavy atom. The molecule has 0 fully saturated rings. The Morgan fingerprint density at radius 3 is 2.66 bits per heavy atom. The molecule has 5 rings (SSSR count). The van der Waals surface area contributed by atoms with Crippen LogP contribution >= 0.6 is 0 Å². The first kappa shape index (κ1) is 17.6. The minimum Gasteiger partial charge on any atom is -0.456 e. The fourth-order valence-electron chi connectivity index (χ4n) is 3.95. The fraction of sp³-hybridized carbons (Fsp3) is 0.111. The molecule has 0 atom stereocenters. The first-order chi connectivity index (χ1) is 14.3. The highest BCUT2D eigenvalue weighted by Gasteiger charge is 2.14. The van der Waals surface area contributed by atoms with E-state index in [4.69, 9.17) is 4.42 Å². The summed E-state index contributed by atoms with van der Waals surface area (Å²) in [5.41, 5.74) is 7.07. The standard InChI is InChI=1S/C27H23NO/c1-28(22-10-4-2-3-5-11-22)23-17-15-20(16-18-23)21-9-8-14-27-25(19-21)24-12-6-7-13-26(24)29-27/h2-4,6-8,10-19H,5,9H2,1H3. The number of nitrogens with zero attached hydrogens (tertiary/aromatic N) is 1. The van der Waals surface area contributed by atoms with Gasteiger partial charge in [-0.05, 0) is 60.4 Å². The molecule has 1 heterocycles. The maximum atomic E-state index is 6.03. The quantitative estimate of drug-likeness (QED) is 0.479. The summed E-state index contributed by atoms with van der Waals surface area (Å²) in [6.07, 6.45) is 19.2. The van der Waals surface area contributed by atoms with E-state index in [1.165, 1.54) is 33.5 Å². The molecule has 2 aliphatic rings. The van der Waals surface area contributed by atoms with E-state index in [0.717, 1.165) is 24.2 Å². The van der Waals surface area contributed by atoms with Crippen LogP contribution < -0.4 is 4.90 Å². The lowest BCUT2D eigenvalue weighted by Gasteiger charge is -2.21. The Hall–Kier alpha value is -3.52. The van der Waals surface area contributed by atoms with Gasteiger partial charge >= 0.3 is 0 Å². The Morgan fingerprint density at radius 1 is 0.897 bits per heavy atom. The van der Waals surface area contributed by atoms with Crippen molar-refractivity contribution < 1.29 is 4.42 Å². The normalized spacial score (nSPS) is 15.5. The lowest BCUT2D eigenvalue weighted by molar-refractivity contribution is 0.603. The van der Waals surface area contributed by atoms with Crippen LogP contribution in [-0.4, -0.2) is 7.05 Å². The highest BCUT2D eigenvalue weighted by molar-refractivity contribution is 5.97. The van der Waals surface area contributed by atoms with E-state index in [2.05, 4.69) is 97.0 Å². The van der Waals surface area contributed by atoms with Gasteiger partial charge in [0.1, 0.15) is 11.3 Å². The van der Waals surface area contributed by atoms with E-state index in [0.29, 0.717) is 0 Å². The zero-order valence-electron chi connectivity index (χ0n) is 16.5. The van der Waals surface area contributed by atoms with Crippen LogP contribution in [0.4, 0.5) is 5.69 Å². The molecule has 0 saturated carbocycles. The fourth-order valence-corrected chi connectivity index (χ4v) is 3.95. The number of likely N-dealkylation sites (N-methyl/N-ethyl adjacent to an activating group) is 1. The van der Waals surface area contributed by atoms with Crippen molar-refractivity contribution in [3.63, 3.8) is 0 Å². The summed E-state index contributed by atoms with van der Waals surface area (Å²) in [6, 6.07) is 17.1. The van der Waals surface area contributed by atoms with Crippen LogP contribution in [0, 0.1) is 0 Å². The lowest BCUT2D eigenvalue weighted by Crippen LogP contribution is -2.14. The summed E-state index contributed by atoms with van der Waals surface area (Å²) < 4.78 is 6.03. The average Bonchev–Trinajstić information content (AvgIpc) is 2.96. The summed E-state index contributed by atoms with van der Waals surface area (Å²) in [4.78, 5) is 2.23. The number of anilines is 1. The third-order valence-corrected chi connectivity index (χ3v) is 5.58. The van der Waals surface area contributed by atoms with Crippen LogP contribution in [0.15, 0.2) is 95.1 Å². The molecule has 1 aromatic heterocycles. The monoisotopic (exact) mass is 377 g/mol. The van der Waals surface area contributed by atoms with Crippen LogP contribution in [0.2, 0.25) is 0 Å². The minimum absolute atomic E-state index is 0.896. The van der Waals surface area contributed by atoms with Crippen molar-refractivity contribution >= 4 is 34.4 Å². The number of allylic oxidation sites excluding steroid dienone is 7. The molecular formula is C27H23NO. The van der Waals surface area contributed by atoms with Crippen molar-refractivity contribution in [2.75, 3.05) is 11.9 Å². The highest BCUT2D eigenvalue weighted by atomic mass is 16.3. The van der Waals surface area contributed by atoms with Crippen LogP contribution in [0.25, 0.3) is 28.7 Å². The molecule has 0 unspecified atom stereocenters. The van der Waals surface area contributed by atoms with Crippen LogP contribution in [0.3, 0.4) is 0 Å². The third-order valence-electron chi connectivity index (χ3n) is 5.58. The van der Waals surface area contributed by atoms with E-state index >= 15 is 0 Å². The Labute approximate surface area is 171 Å². The van der Waals surface area contributed by atoms with Gasteiger partial charge < -0.3 is 9.32 Å². The van der Waals surface area contributed by atoms with Crippen LogP contribution in [-0.2, 0) is 0 Å². The number of hydrogen-bond donors (Lipinski definition) is 0. The van der Waals surface area contributed by atoms with Gasteiger partial charge in [0.2, 0.25) is 0 Å². The SMILES string of the molecule is CN(C1=CCC=CC=C1)c1ccc(C2=Cc3c(oc4ccccc34)C=CC2)cc1. The summed E-state index contributed by atoms with van der Waals surface area (Å²) in [5, 5.41) is 1.17. The molecule has 0 radical (unpaired) electrons. The van der Waals surface area contributed by atoms with Gasteiger partial charge in [-0.3, -0.25) is 0 Å². The number of benzene rings is 2. The molecule has 0 amide bonds. The molecule has 0 bridgehead atoms. The van der Waals surface area contributed by atoms with E-state index in [1.807, 2.05) is 12.1 Å². The topological polar surface area (TPSA) is 16.4 Å². The zero-order chi connectivity index (χ0) is 19.6. The van der Waals surface area contributed by atoms with Gasteiger partial charge in [-0.25, -0.2) is 0 Å². The Balaban J connectivity index is 1.47. The van der Waals surface area contributed by atoms with Gasteiger partial charge in [-0.1, -0.05) is 60.7 Å². The maximum absolute atomic E-state index is 6.03. The zero-order valence-corrected chi connectivity index (χ0v) is 16.5. The molecule has 2 aromatic carbocycles. The van der Waals surface area contributed by atoms with Crippen molar-refractivity contribution in [1.29, 1.82) is 0 Å². The van der Waals surface area contributed by atoms with Crippen molar-refractivity contribution in [2.45, 2.75) is 12.8 Å². The molecule has 29 heavy (non-hydrogen) atoms. The largest absolute Gasteiger partial charge is 0.456 e. The molecule has 0 aliphatic heterocycles. The second-order valence-corrected chi connectivity index (χ2v) is 7.41. The van der Waals surface area contributed by atoms with Crippen LogP contribution in [0.1, 0.15) is 29.7 Å². The second-order valence-electron chi connectivity index (χ2n) is 7.41. The predicted octanol–water partition coefficient (Wildman–Crippen LogP) is 7.23. The summed E-state index contributed by atoms with van der Waals surface area (Å²) in [6.45, 7) is 0. The molecule has 2 aliphatic carbocycles. The van der Waals surface area contributed by atoms with Gasteiger partial charge in [0.05, 0.1) is 0 Å². The number of para-hydroxylation sites is 1. The summed E-state index contributed by atoms with van der Waals surface area (Å²) in [7, 11) is 2.12. The molecule has 3 aromatic rings. The maximum Gasteiger partial charge on any atom is 0.135 e. The first-order valence-electron chi connectivity index (χ1n) is 10.1. The Bertz CT molecular complexity index is 1200. The number of furan rings is 1. The Kier molecular flexibility index (Phi) is 4.53. The van der Waals surface area contributed by atoms with Gasteiger partial charge in [-0.15, -0.1) is 0 Å². The molecule has 0 N–H and O–H groups in total. The average molecular weight is 377 g/mol. The second kappa shape index (κ2) is 7.48. The third kappa shape index (κ3) is 3.38. The van der Waals surface area contributed by atoms with Crippen LogP contribution in [0.5, 0.6) is 0 Å². The van der Waals surface area contributed by atoms with Gasteiger partial charge in [0, 0.05) is 29.4 Å². The minimum atomic E-state index is 0.896. The summed E-state index contributed by atoms with van der Waals surface area (Å²) in [5.74, 6) is 0.943. The van der Waals surface area contributed by atoms with E-state index in [1.54, 1.807) is 0 Å². The van der Waals surface area contributed by atoms with Gasteiger partial charge in [-0.2, -0.15) is 0 Å². The van der Waals surface area contributed by atoms with Crippen molar-refractivity contribution in [2.24, 2.45) is 0 Å². The van der Waals surface area contributed by atoms with E-state index in [-0.39, 0.29) is 0 Å². The van der Waals surface area contributed by atoms with E-state index < -0.39 is 0 Å². The number of fused-ring (bicyclic) bond motifs is 3. The van der Waals surface area contributed by atoms with Crippen molar-refractivity contribution in [3.05, 3.63) is 108 Å². The molecular weight excluding hydrogens is 354 g/mol. The molecule has 0 saturated heterocycles. The first-order valence-corrected chi connectivity index (χ1v) is 10.1. The van der Waals surface area contributed by atoms with Crippen molar-refractivity contribution in [1.82, 2.24) is 0 Å². The van der Waals surface area contributed by atoms with Gasteiger partial charge in [0.25, 0.3) is 0 Å². The van der Waals surface area contributed by atoms with Crippen molar-refractivity contribution in [3.8, 4) is 0 Å². The summed E-state index contributed by atoms with van der Waals surface area (Å²) >= 11 is 0. The van der Waals surface area contributed by atoms with E-state index in [9.17, 15) is 0 Å². The number of hydrogen-bond acceptors (Lipinski definition) is 2. The lowest BCUT2D eigenvalue weighted by atomic mass is 10.00. The predicted molar refractivity (Wildman–Crippen MR) is 124 cm³/mol. The van der Waals surface area contributed by atoms with Gasteiger partial charge in [0.15, 0.2) is 0 Å². The smallest absolute Gasteiger partial charge is 0.135 e. The molecule has 0 spiro atoms. The molecule has 142 valence electrons.